The van der Waals surface area contributed by atoms with E-state index in [-0.39, 0.29) is 46.3 Å². The summed E-state index contributed by atoms with van der Waals surface area (Å²) in [6.07, 6.45) is 2.50. The Hall–Kier alpha value is -3.66. The molecule has 1 N–H and O–H groups in total. The van der Waals surface area contributed by atoms with Gasteiger partial charge >= 0.3 is 0 Å². The number of hydrogen-bond acceptors (Lipinski definition) is 5. The molecule has 9 nitrogen and oxygen atoms in total. The molecule has 37 heavy (non-hydrogen) atoms. The van der Waals surface area contributed by atoms with Gasteiger partial charge in [0.25, 0.3) is 11.5 Å². The van der Waals surface area contributed by atoms with Crippen LogP contribution in [0, 0.1) is 5.82 Å². The summed E-state index contributed by atoms with van der Waals surface area (Å²) < 4.78 is 22.7. The van der Waals surface area contributed by atoms with Crippen LogP contribution in [0.2, 0.25) is 0 Å². The van der Waals surface area contributed by atoms with Gasteiger partial charge < -0.3 is 24.2 Å². The van der Waals surface area contributed by atoms with Crippen LogP contribution in [0.3, 0.4) is 0 Å². The normalized spacial score (nSPS) is 14.4. The molecule has 1 aliphatic heterocycles. The molecule has 3 aromatic rings. The number of piperidine rings is 1. The molecule has 0 bridgehead atoms. The van der Waals surface area contributed by atoms with Gasteiger partial charge in [-0.15, -0.1) is 0 Å². The molecular weight excluding hydrogens is 479 g/mol. The summed E-state index contributed by atoms with van der Waals surface area (Å²) in [7, 11) is 1.74. The van der Waals surface area contributed by atoms with Crippen molar-refractivity contribution in [3.63, 3.8) is 0 Å². The number of ether oxygens (including phenoxy) is 1. The third-order valence-corrected chi connectivity index (χ3v) is 6.86. The van der Waals surface area contributed by atoms with Crippen molar-refractivity contribution in [1.29, 1.82) is 0 Å². The highest BCUT2D eigenvalue weighted by Crippen LogP contribution is 2.33. The molecular formula is C27H33FN4O5. The lowest BCUT2D eigenvalue weighted by Gasteiger charge is -2.38. The van der Waals surface area contributed by atoms with E-state index in [1.165, 1.54) is 28.8 Å². The molecule has 1 aliphatic rings. The van der Waals surface area contributed by atoms with Crippen molar-refractivity contribution in [2.24, 2.45) is 7.05 Å². The number of aliphatic hydroxyl groups excluding tert-OH is 1. The highest BCUT2D eigenvalue weighted by Gasteiger charge is 2.34. The predicted molar refractivity (Wildman–Crippen MR) is 138 cm³/mol. The maximum Gasteiger partial charge on any atom is 0.274 e. The first-order chi connectivity index (χ1) is 17.7. The Bertz CT molecular complexity index is 1350. The Balaban J connectivity index is 1.78. The molecule has 1 fully saturated rings. The number of aliphatic hydroxyl groups is 1. The molecule has 198 valence electrons. The first-order valence-corrected chi connectivity index (χ1v) is 12.5. The number of halogens is 1. The van der Waals surface area contributed by atoms with E-state index in [0.29, 0.717) is 43.7 Å². The average Bonchev–Trinajstić information content (AvgIpc) is 3.16. The van der Waals surface area contributed by atoms with Crippen LogP contribution in [0.1, 0.15) is 44.1 Å². The van der Waals surface area contributed by atoms with E-state index in [2.05, 4.69) is 0 Å². The van der Waals surface area contributed by atoms with Crippen LogP contribution in [-0.2, 0) is 11.8 Å². The molecule has 0 spiro atoms. The minimum atomic E-state index is -0.525. The fourth-order valence-electron chi connectivity index (χ4n) is 5.04. The van der Waals surface area contributed by atoms with Crippen molar-refractivity contribution in [1.82, 2.24) is 18.9 Å². The number of carbonyl (C=O) groups is 2. The number of amides is 2. The number of benzene rings is 1. The Morgan fingerprint density at radius 3 is 2.38 bits per heavy atom. The van der Waals surface area contributed by atoms with Gasteiger partial charge in [0.2, 0.25) is 5.91 Å². The van der Waals surface area contributed by atoms with Gasteiger partial charge in [0, 0.05) is 44.6 Å². The second-order valence-electron chi connectivity index (χ2n) is 9.49. The Morgan fingerprint density at radius 1 is 1.16 bits per heavy atom. The summed E-state index contributed by atoms with van der Waals surface area (Å²) in [5.74, 6) is -0.742. The molecule has 0 radical (unpaired) electrons. The van der Waals surface area contributed by atoms with Crippen LogP contribution < -0.4 is 10.3 Å². The van der Waals surface area contributed by atoms with E-state index < -0.39 is 12.4 Å². The van der Waals surface area contributed by atoms with Gasteiger partial charge in [-0.1, -0.05) is 0 Å². The van der Waals surface area contributed by atoms with Gasteiger partial charge in [0.1, 0.15) is 17.8 Å². The van der Waals surface area contributed by atoms with Crippen LogP contribution >= 0.6 is 0 Å². The summed E-state index contributed by atoms with van der Waals surface area (Å²) in [5.41, 5.74) is 0.975. The quantitative estimate of drug-likeness (QED) is 0.525. The highest BCUT2D eigenvalue weighted by molar-refractivity contribution is 6.04. The minimum Gasteiger partial charge on any atom is -0.488 e. The van der Waals surface area contributed by atoms with E-state index >= 15 is 0 Å². The highest BCUT2D eigenvalue weighted by atomic mass is 19.1. The largest absolute Gasteiger partial charge is 0.488 e. The summed E-state index contributed by atoms with van der Waals surface area (Å²) in [6, 6.07) is 7.27. The van der Waals surface area contributed by atoms with E-state index in [1.807, 2.05) is 20.8 Å². The van der Waals surface area contributed by atoms with E-state index in [0.717, 1.165) is 0 Å². The van der Waals surface area contributed by atoms with E-state index in [9.17, 15) is 18.8 Å². The Morgan fingerprint density at radius 2 is 1.81 bits per heavy atom. The van der Waals surface area contributed by atoms with Gasteiger partial charge in [-0.2, -0.15) is 0 Å². The second-order valence-corrected chi connectivity index (χ2v) is 9.49. The zero-order valence-corrected chi connectivity index (χ0v) is 21.6. The van der Waals surface area contributed by atoms with Crippen LogP contribution in [0.15, 0.2) is 41.3 Å². The maximum atomic E-state index is 14.0. The van der Waals surface area contributed by atoms with E-state index in [1.54, 1.807) is 33.7 Å². The van der Waals surface area contributed by atoms with Crippen LogP contribution in [-0.4, -0.2) is 74.2 Å². The van der Waals surface area contributed by atoms with Gasteiger partial charge in [-0.25, -0.2) is 4.39 Å². The monoisotopic (exact) mass is 512 g/mol. The molecule has 0 saturated carbocycles. The third-order valence-electron chi connectivity index (χ3n) is 6.86. The number of aromatic nitrogens is 2. The molecule has 4 rings (SSSR count). The van der Waals surface area contributed by atoms with Crippen molar-refractivity contribution in [2.45, 2.75) is 45.8 Å². The van der Waals surface area contributed by atoms with Gasteiger partial charge in [0.15, 0.2) is 11.4 Å². The molecule has 3 heterocycles. The lowest BCUT2D eigenvalue weighted by atomic mass is 10.0. The first-order valence-electron chi connectivity index (χ1n) is 12.5. The smallest absolute Gasteiger partial charge is 0.274 e. The molecule has 1 saturated heterocycles. The second kappa shape index (κ2) is 10.8. The maximum absolute atomic E-state index is 14.0. The number of nitrogens with zero attached hydrogens (tertiary/aromatic N) is 4. The average molecular weight is 513 g/mol. The molecule has 0 aliphatic carbocycles. The SMILES string of the molecule is CCN(C(=O)c1c(OC(C)C)c2c(=O)n(-c3ccc(F)cc3)ccc2n1C)C1CCN(C(=O)CO)CC1. The molecule has 2 aromatic heterocycles. The van der Waals surface area contributed by atoms with Crippen LogP contribution in [0.25, 0.3) is 16.6 Å². The van der Waals surface area contributed by atoms with Gasteiger partial charge in [-0.05, 0) is 63.9 Å². The summed E-state index contributed by atoms with van der Waals surface area (Å²) in [6.45, 7) is 6.40. The Kier molecular flexibility index (Phi) is 7.68. The zero-order chi connectivity index (χ0) is 26.9. The topological polar surface area (TPSA) is 97.0 Å². The fraction of sp³-hybridized carbons (Fsp3) is 0.444. The number of fused-ring (bicyclic) bond motifs is 1. The summed E-state index contributed by atoms with van der Waals surface area (Å²) in [5, 5.41) is 9.44. The molecule has 10 heteroatoms. The predicted octanol–water partition coefficient (Wildman–Crippen LogP) is 2.70. The van der Waals surface area contributed by atoms with E-state index in [4.69, 9.17) is 9.84 Å². The minimum absolute atomic E-state index is 0.0963. The molecule has 2 amide bonds. The number of rotatable bonds is 7. The molecule has 1 aromatic carbocycles. The lowest BCUT2D eigenvalue weighted by molar-refractivity contribution is -0.135. The Labute approximate surface area is 214 Å². The lowest BCUT2D eigenvalue weighted by Crippen LogP contribution is -2.49. The summed E-state index contributed by atoms with van der Waals surface area (Å²) in [4.78, 5) is 42.9. The third kappa shape index (κ3) is 4.98. The zero-order valence-electron chi connectivity index (χ0n) is 21.6. The standard InChI is InChI=1S/C27H33FN4O5/c1-5-31(20-10-13-30(14-11-20)22(34)16-33)27(36)24-25(37-17(2)3)23-21(29(24)4)12-15-32(26(23)35)19-8-6-18(28)7-9-19/h6-9,12,15,17,20,33H,5,10-11,13-14,16H2,1-4H3. The van der Waals surface area contributed by atoms with Crippen LogP contribution in [0.4, 0.5) is 4.39 Å². The summed E-state index contributed by atoms with van der Waals surface area (Å²) >= 11 is 0. The van der Waals surface area contributed by atoms with Crippen molar-refractivity contribution in [3.05, 3.63) is 58.4 Å². The number of pyridine rings is 1. The van der Waals surface area contributed by atoms with Crippen LogP contribution in [0.5, 0.6) is 5.75 Å². The number of aryl methyl sites for hydroxylation is 1. The van der Waals surface area contributed by atoms with Crippen molar-refractivity contribution < 1.29 is 23.8 Å². The molecule has 0 unspecified atom stereocenters. The number of carbonyl (C=O) groups excluding carboxylic acids is 2. The van der Waals surface area contributed by atoms with Crippen molar-refractivity contribution in [2.75, 3.05) is 26.2 Å². The van der Waals surface area contributed by atoms with Crippen molar-refractivity contribution >= 4 is 22.7 Å². The fourth-order valence-corrected chi connectivity index (χ4v) is 5.04. The van der Waals surface area contributed by atoms with Gasteiger partial charge in [0.05, 0.1) is 11.6 Å². The van der Waals surface area contributed by atoms with Gasteiger partial charge in [-0.3, -0.25) is 19.0 Å². The first kappa shape index (κ1) is 26.4. The number of hydrogen-bond donors (Lipinski definition) is 1. The molecule has 0 atom stereocenters. The number of likely N-dealkylation sites (tertiary alicyclic amines) is 1. The van der Waals surface area contributed by atoms with Crippen molar-refractivity contribution in [3.8, 4) is 11.4 Å².